The average Bonchev–Trinajstić information content (AvgIpc) is 3.43. The van der Waals surface area contributed by atoms with Crippen LogP contribution in [-0.4, -0.2) is 40.4 Å². The lowest BCUT2D eigenvalue weighted by atomic mass is 10.2. The van der Waals surface area contributed by atoms with Gasteiger partial charge in [-0.2, -0.15) is 0 Å². The number of hydrogen-bond acceptors (Lipinski definition) is 6. The van der Waals surface area contributed by atoms with Crippen LogP contribution in [0, 0.1) is 0 Å². The molecule has 168 valence electrons. The minimum Gasteiger partial charge on any atom is -0.508 e. The standard InChI is InChI=1S/2C13H10N2O2/c2*16-8-5-6-9(12(17)7-8)13-14-10-3-1-2-4-11(10)15-13/h2*1-7,16-17H,(H,14,15). The molecule has 8 nitrogen and oxygen atoms in total. The van der Waals surface area contributed by atoms with Crippen LogP contribution in [0.3, 0.4) is 0 Å². The van der Waals surface area contributed by atoms with Crippen LogP contribution >= 0.6 is 0 Å². The number of fused-ring (bicyclic) bond motifs is 2. The van der Waals surface area contributed by atoms with Crippen LogP contribution in [0.25, 0.3) is 44.8 Å². The third-order valence-corrected chi connectivity index (χ3v) is 5.25. The third kappa shape index (κ3) is 4.07. The molecule has 6 N–H and O–H groups in total. The van der Waals surface area contributed by atoms with Gasteiger partial charge in [0.05, 0.1) is 33.2 Å². The van der Waals surface area contributed by atoms with Crippen LogP contribution < -0.4 is 0 Å². The van der Waals surface area contributed by atoms with E-state index in [1.807, 2.05) is 48.5 Å². The summed E-state index contributed by atoms with van der Waals surface area (Å²) in [7, 11) is 0. The second-order valence-electron chi connectivity index (χ2n) is 7.61. The van der Waals surface area contributed by atoms with Gasteiger partial charge >= 0.3 is 0 Å². The number of phenolic OH excluding ortho intramolecular Hbond substituents is 4. The van der Waals surface area contributed by atoms with Crippen molar-refractivity contribution in [1.29, 1.82) is 0 Å². The lowest BCUT2D eigenvalue weighted by Gasteiger charge is -2.00. The maximum atomic E-state index is 9.75. The molecule has 0 atom stereocenters. The van der Waals surface area contributed by atoms with Crippen molar-refractivity contribution in [2.45, 2.75) is 0 Å². The molecule has 0 aliphatic carbocycles. The lowest BCUT2D eigenvalue weighted by molar-refractivity contribution is 0.450. The molecule has 0 fully saturated rings. The number of aromatic amines is 2. The molecular formula is C26H20N4O4. The predicted molar refractivity (Wildman–Crippen MR) is 130 cm³/mol. The largest absolute Gasteiger partial charge is 0.508 e. The molecule has 6 rings (SSSR count). The summed E-state index contributed by atoms with van der Waals surface area (Å²) in [4.78, 5) is 15.0. The molecule has 0 spiro atoms. The number of benzene rings is 4. The van der Waals surface area contributed by atoms with E-state index in [0.717, 1.165) is 22.1 Å². The quantitative estimate of drug-likeness (QED) is 0.211. The Balaban J connectivity index is 0.000000142. The van der Waals surface area contributed by atoms with E-state index in [2.05, 4.69) is 19.9 Å². The number of phenols is 4. The molecule has 2 aromatic heterocycles. The fraction of sp³-hybridized carbons (Fsp3) is 0. The van der Waals surface area contributed by atoms with Crippen molar-refractivity contribution in [3.05, 3.63) is 84.9 Å². The van der Waals surface area contributed by atoms with E-state index in [-0.39, 0.29) is 23.0 Å². The number of aromatic hydroxyl groups is 4. The van der Waals surface area contributed by atoms with Crippen LogP contribution in [-0.2, 0) is 0 Å². The van der Waals surface area contributed by atoms with Crippen molar-refractivity contribution >= 4 is 22.1 Å². The Morgan fingerprint density at radius 3 is 1.29 bits per heavy atom. The summed E-state index contributed by atoms with van der Waals surface area (Å²) in [5.74, 6) is 1.24. The highest BCUT2D eigenvalue weighted by Crippen LogP contribution is 2.32. The second-order valence-corrected chi connectivity index (χ2v) is 7.61. The molecule has 0 saturated heterocycles. The van der Waals surface area contributed by atoms with Crippen LogP contribution in [0.1, 0.15) is 0 Å². The first-order valence-electron chi connectivity index (χ1n) is 10.4. The normalized spacial score (nSPS) is 10.8. The first kappa shape index (κ1) is 20.9. The lowest BCUT2D eigenvalue weighted by Crippen LogP contribution is -1.81. The van der Waals surface area contributed by atoms with Gasteiger partial charge in [-0.3, -0.25) is 0 Å². The summed E-state index contributed by atoms with van der Waals surface area (Å²) < 4.78 is 0. The summed E-state index contributed by atoms with van der Waals surface area (Å²) in [5.41, 5.74) is 4.65. The van der Waals surface area contributed by atoms with Gasteiger partial charge in [-0.05, 0) is 48.5 Å². The number of hydrogen-bond donors (Lipinski definition) is 6. The predicted octanol–water partition coefficient (Wildman–Crippen LogP) is 5.28. The fourth-order valence-corrected chi connectivity index (χ4v) is 3.60. The van der Waals surface area contributed by atoms with Crippen molar-refractivity contribution in [1.82, 2.24) is 19.9 Å². The summed E-state index contributed by atoms with van der Waals surface area (Å²) in [6.45, 7) is 0. The first-order chi connectivity index (χ1) is 16.5. The average molecular weight is 452 g/mol. The fourth-order valence-electron chi connectivity index (χ4n) is 3.60. The van der Waals surface area contributed by atoms with Gasteiger partial charge < -0.3 is 30.4 Å². The Kier molecular flexibility index (Phi) is 5.23. The van der Waals surface area contributed by atoms with Crippen LogP contribution in [0.5, 0.6) is 23.0 Å². The van der Waals surface area contributed by atoms with Gasteiger partial charge in [0.1, 0.15) is 34.6 Å². The van der Waals surface area contributed by atoms with Gasteiger partial charge in [0.15, 0.2) is 0 Å². The van der Waals surface area contributed by atoms with E-state index >= 15 is 0 Å². The third-order valence-electron chi connectivity index (χ3n) is 5.25. The van der Waals surface area contributed by atoms with E-state index in [1.165, 1.54) is 24.3 Å². The molecule has 8 heteroatoms. The highest BCUT2D eigenvalue weighted by atomic mass is 16.3. The summed E-state index contributed by atoms with van der Waals surface area (Å²) in [6, 6.07) is 24.2. The van der Waals surface area contributed by atoms with Gasteiger partial charge in [-0.1, -0.05) is 24.3 Å². The molecule has 34 heavy (non-hydrogen) atoms. The summed E-state index contributed by atoms with van der Waals surface area (Å²) >= 11 is 0. The van der Waals surface area contributed by atoms with Crippen molar-refractivity contribution < 1.29 is 20.4 Å². The van der Waals surface area contributed by atoms with Crippen LogP contribution in [0.4, 0.5) is 0 Å². The number of para-hydroxylation sites is 4. The Labute approximate surface area is 193 Å². The van der Waals surface area contributed by atoms with E-state index < -0.39 is 0 Å². The Hall–Kier alpha value is -4.98. The molecule has 0 saturated carbocycles. The molecule has 0 aliphatic heterocycles. The van der Waals surface area contributed by atoms with Crippen LogP contribution in [0.15, 0.2) is 84.9 Å². The number of nitrogens with one attached hydrogen (secondary N) is 2. The molecule has 2 heterocycles. The van der Waals surface area contributed by atoms with E-state index in [1.54, 1.807) is 12.1 Å². The van der Waals surface area contributed by atoms with Crippen molar-refractivity contribution in [3.63, 3.8) is 0 Å². The summed E-state index contributed by atoms with van der Waals surface area (Å²) in [5, 5.41) is 38.0. The number of rotatable bonds is 2. The molecule has 0 radical (unpaired) electrons. The van der Waals surface area contributed by atoms with E-state index in [4.69, 9.17) is 0 Å². The maximum Gasteiger partial charge on any atom is 0.142 e. The zero-order valence-electron chi connectivity index (χ0n) is 17.8. The minimum absolute atomic E-state index is 0.00376. The van der Waals surface area contributed by atoms with Gasteiger partial charge in [0.25, 0.3) is 0 Å². The molecule has 0 amide bonds. The van der Waals surface area contributed by atoms with Gasteiger partial charge in [-0.15, -0.1) is 0 Å². The zero-order chi connectivity index (χ0) is 23.7. The number of nitrogens with zero attached hydrogens (tertiary/aromatic N) is 2. The minimum atomic E-state index is 0.00376. The van der Waals surface area contributed by atoms with E-state index in [9.17, 15) is 20.4 Å². The number of aromatic nitrogens is 4. The number of imidazole rings is 2. The van der Waals surface area contributed by atoms with Crippen molar-refractivity contribution in [2.75, 3.05) is 0 Å². The van der Waals surface area contributed by atoms with Gasteiger partial charge in [0, 0.05) is 12.1 Å². The maximum absolute atomic E-state index is 9.75. The van der Waals surface area contributed by atoms with Gasteiger partial charge in [0.2, 0.25) is 0 Å². The first-order valence-corrected chi connectivity index (χ1v) is 10.4. The monoisotopic (exact) mass is 452 g/mol. The Bertz CT molecular complexity index is 1430. The molecule has 0 bridgehead atoms. The molecule has 0 aliphatic rings. The smallest absolute Gasteiger partial charge is 0.142 e. The highest BCUT2D eigenvalue weighted by molar-refractivity contribution is 5.81. The molecule has 6 aromatic rings. The molecule has 0 unspecified atom stereocenters. The Morgan fingerprint density at radius 1 is 0.500 bits per heavy atom. The van der Waals surface area contributed by atoms with E-state index in [0.29, 0.717) is 22.8 Å². The second kappa shape index (κ2) is 8.51. The highest BCUT2D eigenvalue weighted by Gasteiger charge is 2.10. The van der Waals surface area contributed by atoms with Crippen molar-refractivity contribution in [2.24, 2.45) is 0 Å². The SMILES string of the molecule is Oc1ccc(-c2nc3ccccc3[nH]2)c(O)c1.Oc1ccc(-c2nc3ccccc3[nH]2)c(O)c1. The molecule has 4 aromatic carbocycles. The molecular weight excluding hydrogens is 432 g/mol. The Morgan fingerprint density at radius 2 is 0.912 bits per heavy atom. The topological polar surface area (TPSA) is 138 Å². The zero-order valence-corrected chi connectivity index (χ0v) is 17.8. The summed E-state index contributed by atoms with van der Waals surface area (Å²) in [6.07, 6.45) is 0. The van der Waals surface area contributed by atoms with Gasteiger partial charge in [-0.25, -0.2) is 9.97 Å². The van der Waals surface area contributed by atoms with Crippen molar-refractivity contribution in [3.8, 4) is 45.8 Å². The van der Waals surface area contributed by atoms with Crippen LogP contribution in [0.2, 0.25) is 0 Å². The number of H-pyrrole nitrogens is 2.